The van der Waals surface area contributed by atoms with Crippen LogP contribution in [-0.4, -0.2) is 21.0 Å². The molecule has 0 aliphatic heterocycles. The average molecular weight is 312 g/mol. The zero-order valence-electron chi connectivity index (χ0n) is 10.2. The van der Waals surface area contributed by atoms with Crippen LogP contribution in [0.5, 0.6) is 0 Å². The van der Waals surface area contributed by atoms with Crippen LogP contribution in [0.2, 0.25) is 5.02 Å². The van der Waals surface area contributed by atoms with E-state index in [-0.39, 0.29) is 22.1 Å². The standard InChI is InChI=1S/C12H7ClFN3O4/c13-7-1-2-9(8(14)4-7)16-11-10(17(20)21)3-6(5-15-11)12(18)19/h1-5H,(H,15,16)(H,18,19). The number of nitrogens with one attached hydrogen (secondary N) is 1. The molecule has 0 aliphatic rings. The van der Waals surface area contributed by atoms with Gasteiger partial charge in [0.05, 0.1) is 16.2 Å². The lowest BCUT2D eigenvalue weighted by Gasteiger charge is -2.08. The third-order valence-corrected chi connectivity index (χ3v) is 2.73. The summed E-state index contributed by atoms with van der Waals surface area (Å²) in [6.07, 6.45) is 0.936. The molecule has 0 saturated carbocycles. The molecule has 1 heterocycles. The summed E-state index contributed by atoms with van der Waals surface area (Å²) in [6, 6.07) is 4.55. The number of hydrogen-bond acceptors (Lipinski definition) is 5. The van der Waals surface area contributed by atoms with E-state index in [1.165, 1.54) is 12.1 Å². The van der Waals surface area contributed by atoms with Crippen molar-refractivity contribution in [3.63, 3.8) is 0 Å². The molecule has 0 saturated heterocycles. The van der Waals surface area contributed by atoms with Gasteiger partial charge in [-0.15, -0.1) is 0 Å². The van der Waals surface area contributed by atoms with E-state index in [9.17, 15) is 19.3 Å². The normalized spacial score (nSPS) is 10.2. The number of anilines is 2. The van der Waals surface area contributed by atoms with Crippen molar-refractivity contribution in [1.29, 1.82) is 0 Å². The summed E-state index contributed by atoms with van der Waals surface area (Å²) in [5, 5.41) is 22.3. The number of aromatic carboxylic acids is 1. The lowest BCUT2D eigenvalue weighted by molar-refractivity contribution is -0.384. The monoisotopic (exact) mass is 311 g/mol. The van der Waals surface area contributed by atoms with Gasteiger partial charge in [0, 0.05) is 17.3 Å². The molecule has 0 unspecified atom stereocenters. The van der Waals surface area contributed by atoms with E-state index in [1.54, 1.807) is 0 Å². The van der Waals surface area contributed by atoms with Crippen LogP contribution in [0, 0.1) is 15.9 Å². The molecule has 1 aromatic carbocycles. The van der Waals surface area contributed by atoms with Crippen molar-refractivity contribution in [3.8, 4) is 0 Å². The van der Waals surface area contributed by atoms with Crippen LogP contribution in [0.3, 0.4) is 0 Å². The van der Waals surface area contributed by atoms with Crippen LogP contribution in [-0.2, 0) is 0 Å². The Morgan fingerprint density at radius 3 is 2.71 bits per heavy atom. The van der Waals surface area contributed by atoms with Gasteiger partial charge in [-0.2, -0.15) is 0 Å². The molecule has 7 nitrogen and oxygen atoms in total. The van der Waals surface area contributed by atoms with E-state index in [2.05, 4.69) is 10.3 Å². The van der Waals surface area contributed by atoms with Gasteiger partial charge < -0.3 is 10.4 Å². The molecule has 2 rings (SSSR count). The Balaban J connectivity index is 2.44. The number of pyridine rings is 1. The Morgan fingerprint density at radius 2 is 2.14 bits per heavy atom. The fourth-order valence-electron chi connectivity index (χ4n) is 1.52. The summed E-state index contributed by atoms with van der Waals surface area (Å²) in [7, 11) is 0. The largest absolute Gasteiger partial charge is 0.478 e. The first-order valence-electron chi connectivity index (χ1n) is 5.48. The molecule has 0 aliphatic carbocycles. The van der Waals surface area contributed by atoms with Gasteiger partial charge in [-0.05, 0) is 18.2 Å². The van der Waals surface area contributed by atoms with Gasteiger partial charge >= 0.3 is 11.7 Å². The zero-order chi connectivity index (χ0) is 15.6. The number of hydrogen-bond donors (Lipinski definition) is 2. The molecule has 0 atom stereocenters. The fourth-order valence-corrected chi connectivity index (χ4v) is 1.68. The third-order valence-electron chi connectivity index (χ3n) is 2.50. The van der Waals surface area contributed by atoms with E-state index < -0.39 is 22.4 Å². The maximum Gasteiger partial charge on any atom is 0.337 e. The van der Waals surface area contributed by atoms with Crippen molar-refractivity contribution in [2.75, 3.05) is 5.32 Å². The van der Waals surface area contributed by atoms with Crippen LogP contribution >= 0.6 is 11.6 Å². The fraction of sp³-hybridized carbons (Fsp3) is 0. The summed E-state index contributed by atoms with van der Waals surface area (Å²) >= 11 is 5.60. The highest BCUT2D eigenvalue weighted by atomic mass is 35.5. The molecule has 1 aromatic heterocycles. The smallest absolute Gasteiger partial charge is 0.337 e. The number of halogens is 2. The van der Waals surface area contributed by atoms with Crippen molar-refractivity contribution >= 4 is 34.8 Å². The van der Waals surface area contributed by atoms with Crippen molar-refractivity contribution < 1.29 is 19.2 Å². The first-order valence-corrected chi connectivity index (χ1v) is 5.86. The summed E-state index contributed by atoms with van der Waals surface area (Å²) in [6.45, 7) is 0. The Bertz CT molecular complexity index is 738. The summed E-state index contributed by atoms with van der Waals surface area (Å²) < 4.78 is 13.6. The Morgan fingerprint density at radius 1 is 1.43 bits per heavy atom. The highest BCUT2D eigenvalue weighted by Gasteiger charge is 2.20. The van der Waals surface area contributed by atoms with Crippen molar-refractivity contribution in [2.45, 2.75) is 0 Å². The molecule has 0 radical (unpaired) electrons. The van der Waals surface area contributed by atoms with Gasteiger partial charge in [0.15, 0.2) is 0 Å². The van der Waals surface area contributed by atoms with Gasteiger partial charge in [-0.1, -0.05) is 11.6 Å². The number of aromatic nitrogens is 1. The molecular formula is C12H7ClFN3O4. The van der Waals surface area contributed by atoms with Crippen LogP contribution in [0.1, 0.15) is 10.4 Å². The van der Waals surface area contributed by atoms with Crippen molar-refractivity contribution in [2.24, 2.45) is 0 Å². The number of carbonyl (C=O) groups is 1. The average Bonchev–Trinajstić information content (AvgIpc) is 2.41. The predicted molar refractivity (Wildman–Crippen MR) is 72.5 cm³/mol. The second-order valence-electron chi connectivity index (χ2n) is 3.90. The Kier molecular flexibility index (Phi) is 3.99. The minimum Gasteiger partial charge on any atom is -0.478 e. The molecule has 0 amide bonds. The quantitative estimate of drug-likeness (QED) is 0.663. The maximum absolute atomic E-state index is 13.6. The molecule has 0 fully saturated rings. The summed E-state index contributed by atoms with van der Waals surface area (Å²) in [5.41, 5.74) is -0.994. The van der Waals surface area contributed by atoms with Gasteiger partial charge in [0.25, 0.3) is 0 Å². The van der Waals surface area contributed by atoms with E-state index in [0.717, 1.165) is 18.3 Å². The number of benzene rings is 1. The molecular weight excluding hydrogens is 305 g/mol. The number of nitro groups is 1. The zero-order valence-corrected chi connectivity index (χ0v) is 11.0. The lowest BCUT2D eigenvalue weighted by atomic mass is 10.2. The number of carboxylic acids is 1. The first-order chi connectivity index (χ1) is 9.88. The van der Waals surface area contributed by atoms with E-state index in [1.807, 2.05) is 0 Å². The van der Waals surface area contributed by atoms with Crippen LogP contribution in [0.15, 0.2) is 30.5 Å². The predicted octanol–water partition coefficient (Wildman–Crippen LogP) is 3.22. The van der Waals surface area contributed by atoms with E-state index in [4.69, 9.17) is 16.7 Å². The molecule has 0 spiro atoms. The second-order valence-corrected chi connectivity index (χ2v) is 4.34. The molecule has 9 heteroatoms. The van der Waals surface area contributed by atoms with Gasteiger partial charge in [-0.3, -0.25) is 10.1 Å². The molecule has 108 valence electrons. The Labute approximate surface area is 122 Å². The highest BCUT2D eigenvalue weighted by Crippen LogP contribution is 2.28. The van der Waals surface area contributed by atoms with Crippen LogP contribution in [0.4, 0.5) is 21.6 Å². The number of rotatable bonds is 4. The van der Waals surface area contributed by atoms with Crippen LogP contribution < -0.4 is 5.32 Å². The lowest BCUT2D eigenvalue weighted by Crippen LogP contribution is -2.05. The third kappa shape index (κ3) is 3.23. The first kappa shape index (κ1) is 14.7. The minimum absolute atomic E-state index is 0.0712. The molecule has 2 N–H and O–H groups in total. The SMILES string of the molecule is O=C(O)c1cnc(Nc2ccc(Cl)cc2F)c([N+](=O)[O-])c1. The van der Waals surface area contributed by atoms with Gasteiger partial charge in [-0.25, -0.2) is 14.2 Å². The molecule has 0 bridgehead atoms. The maximum atomic E-state index is 13.6. The Hall–Kier alpha value is -2.74. The summed E-state index contributed by atoms with van der Waals surface area (Å²) in [5.74, 6) is -2.35. The minimum atomic E-state index is -1.35. The highest BCUT2D eigenvalue weighted by molar-refractivity contribution is 6.30. The molecule has 21 heavy (non-hydrogen) atoms. The van der Waals surface area contributed by atoms with Crippen molar-refractivity contribution in [1.82, 2.24) is 4.98 Å². The number of carboxylic acid groups (broad SMARTS) is 1. The number of nitrogens with zero attached hydrogens (tertiary/aromatic N) is 2. The van der Waals surface area contributed by atoms with Crippen molar-refractivity contribution in [3.05, 3.63) is 57.0 Å². The van der Waals surface area contributed by atoms with Gasteiger partial charge in [0.1, 0.15) is 5.82 Å². The van der Waals surface area contributed by atoms with E-state index >= 15 is 0 Å². The second kappa shape index (κ2) is 5.71. The summed E-state index contributed by atoms with van der Waals surface area (Å²) in [4.78, 5) is 24.6. The van der Waals surface area contributed by atoms with E-state index in [0.29, 0.717) is 0 Å². The van der Waals surface area contributed by atoms with Crippen LogP contribution in [0.25, 0.3) is 0 Å². The molecule has 2 aromatic rings. The van der Waals surface area contributed by atoms with Gasteiger partial charge in [0.2, 0.25) is 5.82 Å². The topological polar surface area (TPSA) is 105 Å².